The fraction of sp³-hybridized carbons (Fsp3) is 0.405. The molecule has 0 bridgehead atoms. The van der Waals surface area contributed by atoms with Crippen LogP contribution in [0.4, 0.5) is 28.9 Å². The van der Waals surface area contributed by atoms with Crippen LogP contribution in [0.5, 0.6) is 11.5 Å². The molecule has 1 atom stereocenters. The van der Waals surface area contributed by atoms with E-state index in [1.807, 2.05) is 18.2 Å². The fourth-order valence-electron chi connectivity index (χ4n) is 8.23. The van der Waals surface area contributed by atoms with E-state index in [4.69, 9.17) is 26.1 Å². The number of nitriles is 1. The first-order valence-corrected chi connectivity index (χ1v) is 19.7. The molecule has 12 nitrogen and oxygen atoms in total. The van der Waals surface area contributed by atoms with Gasteiger partial charge in [-0.05, 0) is 93.9 Å². The van der Waals surface area contributed by atoms with Crippen LogP contribution in [0.2, 0.25) is 0 Å². The zero-order valence-corrected chi connectivity index (χ0v) is 33.1. The lowest BCUT2D eigenvalue weighted by Gasteiger charge is -2.39. The normalized spacial score (nSPS) is 20.9. The Kier molecular flexibility index (Phi) is 10.4. The van der Waals surface area contributed by atoms with Gasteiger partial charge in [-0.15, -0.1) is 0 Å². The van der Waals surface area contributed by atoms with Gasteiger partial charge in [0.2, 0.25) is 11.8 Å². The molecule has 1 saturated carbocycles. The van der Waals surface area contributed by atoms with E-state index in [-0.39, 0.29) is 52.6 Å². The number of piperidine rings is 1. The quantitative estimate of drug-likeness (QED) is 0.101. The smallest absolute Gasteiger partial charge is 0.417 e. The Bertz CT molecular complexity index is 2400. The minimum absolute atomic E-state index is 0.0293. The minimum atomic E-state index is -4.84. The fourth-order valence-corrected chi connectivity index (χ4v) is 8.75. The van der Waals surface area contributed by atoms with Gasteiger partial charge in [0.15, 0.2) is 16.7 Å². The molecule has 3 saturated heterocycles. The maximum Gasteiger partial charge on any atom is 0.417 e. The summed E-state index contributed by atoms with van der Waals surface area (Å²) in [6.07, 6.45) is -0.734. The van der Waals surface area contributed by atoms with Gasteiger partial charge in [0.1, 0.15) is 30.1 Å². The van der Waals surface area contributed by atoms with Crippen LogP contribution in [-0.4, -0.2) is 89.6 Å². The van der Waals surface area contributed by atoms with E-state index in [2.05, 4.69) is 15.1 Å². The minimum Gasteiger partial charge on any atom is -0.492 e. The Balaban J connectivity index is 0.846. The third kappa shape index (κ3) is 7.60. The van der Waals surface area contributed by atoms with E-state index in [0.717, 1.165) is 67.0 Å². The predicted octanol–water partition coefficient (Wildman–Crippen LogP) is 6.51. The summed E-state index contributed by atoms with van der Waals surface area (Å²) in [5.41, 5.74) is -1.91. The molecule has 17 heteroatoms. The number of nitrogens with zero attached hydrogens (tertiary/aromatic N) is 5. The number of nitrogens with one attached hydrogen (secondary N) is 1. The molecule has 3 aromatic carbocycles. The first-order chi connectivity index (χ1) is 28.1. The van der Waals surface area contributed by atoms with Crippen LogP contribution in [0.25, 0.3) is 11.0 Å². The number of piperazine rings is 1. The molecule has 0 spiro atoms. The Morgan fingerprint density at radius 1 is 0.983 bits per heavy atom. The third-order valence-corrected chi connectivity index (χ3v) is 12.1. The number of imide groups is 1. The average Bonchev–Trinajstić information content (AvgIpc) is 3.84. The number of furan rings is 1. The highest BCUT2D eigenvalue weighted by Crippen LogP contribution is 2.44. The van der Waals surface area contributed by atoms with Gasteiger partial charge in [0.05, 0.1) is 40.6 Å². The number of ether oxygens (including phenoxy) is 2. The standard InChI is InChI=1S/C42H40F4N6O6S/c1-40(2)38(55)51(26-4-3-25(22-47)32(19-26)42(44,45)46)39(59)52(40)27-5-8-35(33(43)20-27)58-24-41(11-12-41)50-15-13-49(14-16-50)17-18-56-28-6-9-34-30(21-28)31(23-57-34)29-7-10-36(53)48-37(29)54/h3-6,8-9,19-21,23,29H,7,10-18,24H2,1-2H3,(H,48,53,54). The molecule has 8 rings (SSSR count). The monoisotopic (exact) mass is 832 g/mol. The molecule has 4 aliphatic rings. The third-order valence-electron chi connectivity index (χ3n) is 11.8. The molecule has 1 unspecified atom stereocenters. The van der Waals surface area contributed by atoms with Gasteiger partial charge >= 0.3 is 6.18 Å². The number of benzene rings is 3. The van der Waals surface area contributed by atoms with Gasteiger partial charge < -0.3 is 18.8 Å². The van der Waals surface area contributed by atoms with Crippen LogP contribution in [0, 0.1) is 17.1 Å². The molecule has 4 aromatic rings. The van der Waals surface area contributed by atoms with Gasteiger partial charge in [0, 0.05) is 61.8 Å². The zero-order valence-electron chi connectivity index (χ0n) is 32.2. The van der Waals surface area contributed by atoms with Crippen LogP contribution >= 0.6 is 12.2 Å². The van der Waals surface area contributed by atoms with Crippen LogP contribution in [-0.2, 0) is 20.6 Å². The van der Waals surface area contributed by atoms with E-state index in [1.54, 1.807) is 26.2 Å². The van der Waals surface area contributed by atoms with E-state index in [1.165, 1.54) is 29.2 Å². The van der Waals surface area contributed by atoms with Crippen LogP contribution in [0.15, 0.2) is 65.3 Å². The number of alkyl halides is 3. The molecule has 1 aromatic heterocycles. The van der Waals surface area contributed by atoms with Crippen LogP contribution < -0.4 is 24.6 Å². The summed E-state index contributed by atoms with van der Waals surface area (Å²) in [6, 6.07) is 14.2. The van der Waals surface area contributed by atoms with Crippen molar-refractivity contribution in [2.75, 3.05) is 55.7 Å². The molecule has 59 heavy (non-hydrogen) atoms. The van der Waals surface area contributed by atoms with Crippen molar-refractivity contribution < 1.29 is 45.8 Å². The van der Waals surface area contributed by atoms with Gasteiger partial charge in [-0.1, -0.05) is 0 Å². The number of rotatable bonds is 11. The van der Waals surface area contributed by atoms with E-state index < -0.39 is 40.5 Å². The van der Waals surface area contributed by atoms with Crippen molar-refractivity contribution in [1.29, 1.82) is 5.26 Å². The molecular formula is C42H40F4N6O6S. The van der Waals surface area contributed by atoms with E-state index in [9.17, 15) is 32.8 Å². The van der Waals surface area contributed by atoms with Crippen molar-refractivity contribution >= 4 is 57.4 Å². The van der Waals surface area contributed by atoms with Crippen molar-refractivity contribution in [1.82, 2.24) is 15.1 Å². The molecule has 1 aliphatic carbocycles. The van der Waals surface area contributed by atoms with E-state index in [0.29, 0.717) is 30.9 Å². The summed E-state index contributed by atoms with van der Waals surface area (Å²) in [4.78, 5) is 44.8. The number of hydrogen-bond donors (Lipinski definition) is 1. The number of fused-ring (bicyclic) bond motifs is 1. The maximum absolute atomic E-state index is 15.7. The molecular weight excluding hydrogens is 793 g/mol. The first kappa shape index (κ1) is 40.2. The van der Waals surface area contributed by atoms with Crippen molar-refractivity contribution in [2.45, 2.75) is 62.7 Å². The molecule has 1 N–H and O–H groups in total. The average molecular weight is 833 g/mol. The second-order valence-electron chi connectivity index (χ2n) is 15.8. The van der Waals surface area contributed by atoms with Gasteiger partial charge in [-0.25, -0.2) is 4.39 Å². The highest BCUT2D eigenvalue weighted by molar-refractivity contribution is 7.81. The Labute approximate surface area is 342 Å². The number of amides is 3. The number of carbonyl (C=O) groups excluding carboxylic acids is 3. The van der Waals surface area contributed by atoms with Crippen molar-refractivity contribution in [3.63, 3.8) is 0 Å². The number of anilines is 2. The lowest BCUT2D eigenvalue weighted by atomic mass is 9.90. The van der Waals surface area contributed by atoms with Gasteiger partial charge in [-0.3, -0.25) is 34.4 Å². The summed E-state index contributed by atoms with van der Waals surface area (Å²) in [5, 5.41) is 12.3. The van der Waals surface area contributed by atoms with Crippen LogP contribution in [0.3, 0.4) is 0 Å². The SMILES string of the molecule is CC1(C)C(=O)N(c2ccc(C#N)c(C(F)(F)F)c2)C(=S)N1c1ccc(OCC2(N3CCN(CCOc4ccc5occ(C6CCC(=O)NC6=O)c5c4)CC3)CC2)c(F)c1. The van der Waals surface area contributed by atoms with Crippen molar-refractivity contribution in [3.8, 4) is 17.6 Å². The number of hydrogen-bond acceptors (Lipinski definition) is 10. The summed E-state index contributed by atoms with van der Waals surface area (Å²) in [5.74, 6) is -1.65. The Morgan fingerprint density at radius 3 is 2.41 bits per heavy atom. The highest BCUT2D eigenvalue weighted by Gasteiger charge is 2.52. The van der Waals surface area contributed by atoms with Gasteiger partial charge in [0.25, 0.3) is 5.91 Å². The Morgan fingerprint density at radius 2 is 1.73 bits per heavy atom. The zero-order chi connectivity index (χ0) is 41.9. The Hall–Kier alpha value is -5.57. The van der Waals surface area contributed by atoms with Crippen molar-refractivity contribution in [3.05, 3.63) is 83.4 Å². The summed E-state index contributed by atoms with van der Waals surface area (Å²) >= 11 is 5.60. The van der Waals surface area contributed by atoms with Crippen LogP contribution in [0.1, 0.15) is 62.1 Å². The highest BCUT2D eigenvalue weighted by atomic mass is 32.1. The second-order valence-corrected chi connectivity index (χ2v) is 16.2. The summed E-state index contributed by atoms with van der Waals surface area (Å²) in [6.45, 7) is 7.78. The molecule has 3 aliphatic heterocycles. The molecule has 308 valence electrons. The molecule has 4 heterocycles. The number of carbonyl (C=O) groups is 3. The lowest BCUT2D eigenvalue weighted by Crippen LogP contribution is -2.53. The summed E-state index contributed by atoms with van der Waals surface area (Å²) < 4.78 is 74.7. The first-order valence-electron chi connectivity index (χ1n) is 19.3. The van der Waals surface area contributed by atoms with E-state index >= 15 is 4.39 Å². The molecule has 4 fully saturated rings. The second kappa shape index (κ2) is 15.2. The van der Waals surface area contributed by atoms with Crippen molar-refractivity contribution in [2.24, 2.45) is 0 Å². The van der Waals surface area contributed by atoms with Gasteiger partial charge in [-0.2, -0.15) is 18.4 Å². The largest absolute Gasteiger partial charge is 0.492 e. The molecule has 0 radical (unpaired) electrons. The lowest BCUT2D eigenvalue weighted by molar-refractivity contribution is -0.138. The molecule has 3 amide bonds. The predicted molar refractivity (Wildman–Crippen MR) is 212 cm³/mol. The topological polar surface area (TPSA) is 132 Å². The number of halogens is 4. The maximum atomic E-state index is 15.7. The summed E-state index contributed by atoms with van der Waals surface area (Å²) in [7, 11) is 0. The number of thiocarbonyl (C=S) groups is 1.